The van der Waals surface area contributed by atoms with Gasteiger partial charge in [0.2, 0.25) is 5.82 Å². The van der Waals surface area contributed by atoms with Gasteiger partial charge in [-0.25, -0.2) is 9.67 Å². The number of hydrogen-bond donors (Lipinski definition) is 4. The molecule has 0 radical (unpaired) electrons. The van der Waals surface area contributed by atoms with Crippen LogP contribution in [0.15, 0.2) is 6.33 Å². The van der Waals surface area contributed by atoms with E-state index in [2.05, 4.69) is 10.1 Å². The Morgan fingerprint density at radius 1 is 1.42 bits per heavy atom. The summed E-state index contributed by atoms with van der Waals surface area (Å²) in [6.45, 7) is 3.26. The highest BCUT2D eigenvalue weighted by atomic mass is 16.6. The summed E-state index contributed by atoms with van der Waals surface area (Å²) in [5.74, 6) is -1.82. The molecule has 1 aliphatic heterocycles. The minimum atomic E-state index is -1.35. The van der Waals surface area contributed by atoms with Gasteiger partial charge in [0.1, 0.15) is 37.3 Å². The summed E-state index contributed by atoms with van der Waals surface area (Å²) in [6.07, 6.45) is -3.60. The Kier molecular flexibility index (Phi) is 5.49. The van der Waals surface area contributed by atoms with E-state index in [1.54, 1.807) is 13.8 Å². The molecule has 1 fully saturated rings. The molecule has 1 aromatic heterocycles. The minimum absolute atomic E-state index is 0.104. The van der Waals surface area contributed by atoms with Gasteiger partial charge in [0.05, 0.1) is 0 Å². The molecule has 0 aliphatic carbocycles. The number of ether oxygens (including phenoxy) is 2. The molecule has 11 nitrogen and oxygen atoms in total. The molecule has 0 unspecified atom stereocenters. The number of esters is 1. The Hall–Kier alpha value is -2.08. The fourth-order valence-corrected chi connectivity index (χ4v) is 2.13. The zero-order chi connectivity index (χ0) is 18.0. The van der Waals surface area contributed by atoms with Crippen molar-refractivity contribution < 1.29 is 29.3 Å². The zero-order valence-corrected chi connectivity index (χ0v) is 13.3. The van der Waals surface area contributed by atoms with Crippen molar-refractivity contribution in [2.24, 2.45) is 17.4 Å². The van der Waals surface area contributed by atoms with E-state index in [0.717, 1.165) is 11.0 Å². The van der Waals surface area contributed by atoms with E-state index in [9.17, 15) is 19.8 Å². The molecule has 134 valence electrons. The van der Waals surface area contributed by atoms with Crippen LogP contribution >= 0.6 is 0 Å². The topological polar surface area (TPSA) is 176 Å². The van der Waals surface area contributed by atoms with Gasteiger partial charge in [-0.1, -0.05) is 13.8 Å². The first-order valence-electron chi connectivity index (χ1n) is 7.37. The van der Waals surface area contributed by atoms with Gasteiger partial charge in [-0.15, -0.1) is 5.10 Å². The van der Waals surface area contributed by atoms with E-state index in [0.29, 0.717) is 0 Å². The number of aliphatic hydroxyl groups excluding tert-OH is 2. The predicted octanol–water partition coefficient (Wildman–Crippen LogP) is -2.48. The lowest BCUT2D eigenvalue weighted by atomic mass is 10.1. The van der Waals surface area contributed by atoms with Crippen molar-refractivity contribution in [3.05, 3.63) is 12.2 Å². The molecule has 0 spiro atoms. The van der Waals surface area contributed by atoms with Crippen LogP contribution in [0.1, 0.15) is 30.7 Å². The summed E-state index contributed by atoms with van der Waals surface area (Å²) in [4.78, 5) is 26.4. The number of hydrogen-bond acceptors (Lipinski definition) is 9. The van der Waals surface area contributed by atoms with Crippen LogP contribution in [0.4, 0.5) is 0 Å². The van der Waals surface area contributed by atoms with E-state index in [-0.39, 0.29) is 18.3 Å². The summed E-state index contributed by atoms with van der Waals surface area (Å²) >= 11 is 0. The van der Waals surface area contributed by atoms with E-state index in [1.807, 2.05) is 0 Å². The van der Waals surface area contributed by atoms with Crippen LogP contribution in [-0.2, 0) is 14.3 Å². The summed E-state index contributed by atoms with van der Waals surface area (Å²) in [5, 5.41) is 23.8. The summed E-state index contributed by atoms with van der Waals surface area (Å²) in [6, 6.07) is -0.794. The van der Waals surface area contributed by atoms with Crippen molar-refractivity contribution >= 4 is 11.9 Å². The lowest BCUT2D eigenvalue weighted by Gasteiger charge is -2.18. The number of rotatable bonds is 6. The number of carbonyl (C=O) groups is 2. The maximum atomic E-state index is 11.7. The van der Waals surface area contributed by atoms with Crippen molar-refractivity contribution in [3.63, 3.8) is 0 Å². The van der Waals surface area contributed by atoms with Crippen molar-refractivity contribution in [2.75, 3.05) is 6.61 Å². The van der Waals surface area contributed by atoms with E-state index >= 15 is 0 Å². The quantitative estimate of drug-likeness (QED) is 0.407. The summed E-state index contributed by atoms with van der Waals surface area (Å²) in [5.41, 5.74) is 10.7. The van der Waals surface area contributed by atoms with E-state index < -0.39 is 42.5 Å². The lowest BCUT2D eigenvalue weighted by molar-refractivity contribution is -0.152. The number of aromatic nitrogens is 3. The number of carbonyl (C=O) groups excluding carboxylic acids is 2. The maximum Gasteiger partial charge on any atom is 0.323 e. The van der Waals surface area contributed by atoms with Crippen LogP contribution in [0.25, 0.3) is 0 Å². The second-order valence-electron chi connectivity index (χ2n) is 5.86. The first-order chi connectivity index (χ1) is 11.2. The van der Waals surface area contributed by atoms with Crippen molar-refractivity contribution in [2.45, 2.75) is 44.4 Å². The molecule has 5 atom stereocenters. The van der Waals surface area contributed by atoms with Gasteiger partial charge in [-0.2, -0.15) is 0 Å². The second-order valence-corrected chi connectivity index (χ2v) is 5.86. The third-order valence-corrected chi connectivity index (χ3v) is 3.71. The van der Waals surface area contributed by atoms with Crippen LogP contribution in [0.2, 0.25) is 0 Å². The van der Waals surface area contributed by atoms with Crippen LogP contribution in [0.3, 0.4) is 0 Å². The highest BCUT2D eigenvalue weighted by molar-refractivity contribution is 5.88. The van der Waals surface area contributed by atoms with Crippen molar-refractivity contribution in [1.82, 2.24) is 14.8 Å². The molecular weight excluding hydrogens is 322 g/mol. The SMILES string of the molecule is CC(C)[C@@H](N)C(=O)OC[C@@H]1O[C@H](n2cnc(C(N)=O)n2)[C@@H](O)[C@H]1O. The van der Waals surface area contributed by atoms with E-state index in [4.69, 9.17) is 20.9 Å². The molecular formula is C13H21N5O6. The third kappa shape index (κ3) is 3.70. The van der Waals surface area contributed by atoms with Gasteiger partial charge in [-0.3, -0.25) is 9.59 Å². The Balaban J connectivity index is 1.99. The first kappa shape index (κ1) is 18.3. The van der Waals surface area contributed by atoms with Crippen molar-refractivity contribution in [3.8, 4) is 0 Å². The molecule has 11 heteroatoms. The average Bonchev–Trinajstić information content (AvgIpc) is 3.11. The fourth-order valence-electron chi connectivity index (χ4n) is 2.13. The standard InChI is InChI=1S/C13H21N5O6/c1-5(2)7(14)13(22)23-3-6-8(19)9(20)12(24-6)18-4-16-11(17-18)10(15)21/h4-9,12,19-20H,3,14H2,1-2H3,(H2,15,21)/t6-,7+,8-,9-,12-/m0/s1. The number of aliphatic hydroxyl groups is 2. The number of primary amides is 1. The number of nitrogens with zero attached hydrogens (tertiary/aromatic N) is 3. The second kappa shape index (κ2) is 7.21. The van der Waals surface area contributed by atoms with Gasteiger partial charge in [0.15, 0.2) is 6.23 Å². The van der Waals surface area contributed by atoms with Crippen LogP contribution < -0.4 is 11.5 Å². The molecule has 1 saturated heterocycles. The number of nitrogens with two attached hydrogens (primary N) is 2. The molecule has 24 heavy (non-hydrogen) atoms. The van der Waals surface area contributed by atoms with Gasteiger partial charge in [0.25, 0.3) is 5.91 Å². The Morgan fingerprint density at radius 2 is 2.08 bits per heavy atom. The minimum Gasteiger partial charge on any atom is -0.462 e. The van der Waals surface area contributed by atoms with Crippen LogP contribution in [0.5, 0.6) is 0 Å². The molecule has 1 aliphatic rings. The van der Waals surface area contributed by atoms with E-state index in [1.165, 1.54) is 0 Å². The molecule has 2 heterocycles. The Bertz CT molecular complexity index is 605. The lowest BCUT2D eigenvalue weighted by Crippen LogP contribution is -2.40. The van der Waals surface area contributed by atoms with Gasteiger partial charge >= 0.3 is 5.97 Å². The highest BCUT2D eigenvalue weighted by Crippen LogP contribution is 2.29. The molecule has 0 bridgehead atoms. The molecule has 6 N–H and O–H groups in total. The predicted molar refractivity (Wildman–Crippen MR) is 78.2 cm³/mol. The fraction of sp³-hybridized carbons (Fsp3) is 0.692. The third-order valence-electron chi connectivity index (χ3n) is 3.71. The zero-order valence-electron chi connectivity index (χ0n) is 13.3. The van der Waals surface area contributed by atoms with Gasteiger partial charge in [-0.05, 0) is 5.92 Å². The van der Waals surface area contributed by atoms with Gasteiger partial charge in [0, 0.05) is 0 Å². The van der Waals surface area contributed by atoms with Crippen LogP contribution in [-0.4, -0.2) is 67.8 Å². The largest absolute Gasteiger partial charge is 0.462 e. The summed E-state index contributed by atoms with van der Waals surface area (Å²) < 4.78 is 11.5. The number of amides is 1. The first-order valence-corrected chi connectivity index (χ1v) is 7.37. The molecule has 0 saturated carbocycles. The van der Waals surface area contributed by atoms with Gasteiger partial charge < -0.3 is 31.2 Å². The monoisotopic (exact) mass is 343 g/mol. The van der Waals surface area contributed by atoms with Crippen LogP contribution in [0, 0.1) is 5.92 Å². The normalized spacial score (nSPS) is 28.1. The molecule has 2 rings (SSSR count). The summed E-state index contributed by atoms with van der Waals surface area (Å²) in [7, 11) is 0. The van der Waals surface area contributed by atoms with Crippen molar-refractivity contribution in [1.29, 1.82) is 0 Å². The average molecular weight is 343 g/mol. The smallest absolute Gasteiger partial charge is 0.323 e. The Labute approximate surface area is 137 Å². The molecule has 1 aromatic rings. The Morgan fingerprint density at radius 3 is 2.62 bits per heavy atom. The highest BCUT2D eigenvalue weighted by Gasteiger charge is 2.45. The molecule has 0 aromatic carbocycles. The maximum absolute atomic E-state index is 11.7. The molecule has 1 amide bonds.